The Hall–Kier alpha value is -2.54. The second-order valence-corrected chi connectivity index (χ2v) is 7.26. The lowest BCUT2D eigenvalue weighted by atomic mass is 10.2. The van der Waals surface area contributed by atoms with Crippen molar-refractivity contribution in [2.75, 3.05) is 27.3 Å². The number of nitrogens with zero attached hydrogens (tertiary/aromatic N) is 2. The van der Waals surface area contributed by atoms with Crippen molar-refractivity contribution < 1.29 is 18.8 Å². The number of methoxy groups -OCH3 is 2. The molecular weight excluding hydrogens is 346 g/mol. The van der Waals surface area contributed by atoms with Crippen LogP contribution >= 0.6 is 0 Å². The molecule has 2 aliphatic rings. The minimum absolute atomic E-state index is 0.114. The summed E-state index contributed by atoms with van der Waals surface area (Å²) in [6.45, 7) is 2.50. The lowest BCUT2D eigenvalue weighted by molar-refractivity contribution is 0.0928. The van der Waals surface area contributed by atoms with Crippen LogP contribution in [0.1, 0.15) is 47.0 Å². The van der Waals surface area contributed by atoms with Crippen molar-refractivity contribution >= 4 is 5.91 Å². The number of ether oxygens (including phenoxy) is 2. The van der Waals surface area contributed by atoms with Gasteiger partial charge >= 0.3 is 0 Å². The number of hydrogen-bond donors (Lipinski definition) is 1. The van der Waals surface area contributed by atoms with Crippen LogP contribution in [0.15, 0.2) is 28.8 Å². The molecule has 0 spiro atoms. The number of nitrogens with one attached hydrogen (secondary N) is 1. The van der Waals surface area contributed by atoms with Crippen molar-refractivity contribution in [2.24, 2.45) is 0 Å². The summed E-state index contributed by atoms with van der Waals surface area (Å²) in [7, 11) is 3.31. The standard InChI is InChI=1S/C20H25N3O4/c1-25-16-6-5-14(18(9-16)26-2)11-23-8-7-15(12-23)21-20(24)17-10-19(27-22-17)13-3-4-13/h5-6,9-10,13,15H,3-4,7-8,11-12H2,1-2H3,(H,21,24)/t15-/m0/s1. The van der Waals surface area contributed by atoms with E-state index in [0.29, 0.717) is 11.6 Å². The maximum atomic E-state index is 12.4. The van der Waals surface area contributed by atoms with E-state index in [1.807, 2.05) is 18.2 Å². The van der Waals surface area contributed by atoms with Crippen LogP contribution in [0.4, 0.5) is 0 Å². The van der Waals surface area contributed by atoms with Crippen LogP contribution in [0.5, 0.6) is 11.5 Å². The number of aromatic nitrogens is 1. The Morgan fingerprint density at radius 2 is 2.11 bits per heavy atom. The summed E-state index contributed by atoms with van der Waals surface area (Å²) in [5.41, 5.74) is 1.49. The van der Waals surface area contributed by atoms with Crippen molar-refractivity contribution in [1.29, 1.82) is 0 Å². The molecule has 7 nitrogen and oxygen atoms in total. The van der Waals surface area contributed by atoms with E-state index in [1.165, 1.54) is 0 Å². The molecule has 0 unspecified atom stereocenters. The Labute approximate surface area is 158 Å². The van der Waals surface area contributed by atoms with Gasteiger partial charge in [-0.15, -0.1) is 0 Å². The normalized spacial score (nSPS) is 19.9. The molecule has 1 aliphatic heterocycles. The van der Waals surface area contributed by atoms with E-state index in [-0.39, 0.29) is 11.9 Å². The maximum Gasteiger partial charge on any atom is 0.273 e. The molecule has 2 fully saturated rings. The summed E-state index contributed by atoms with van der Waals surface area (Å²) in [5.74, 6) is 2.73. The Balaban J connectivity index is 1.32. The van der Waals surface area contributed by atoms with Gasteiger partial charge in [-0.25, -0.2) is 0 Å². The lowest BCUT2D eigenvalue weighted by Crippen LogP contribution is -2.37. The smallest absolute Gasteiger partial charge is 0.273 e. The first-order valence-corrected chi connectivity index (χ1v) is 9.37. The number of benzene rings is 1. The quantitative estimate of drug-likeness (QED) is 0.806. The number of carbonyl (C=O) groups excluding carboxylic acids is 1. The van der Waals surface area contributed by atoms with Gasteiger partial charge in [0.2, 0.25) is 0 Å². The van der Waals surface area contributed by atoms with Gasteiger partial charge in [0.1, 0.15) is 17.3 Å². The highest BCUT2D eigenvalue weighted by molar-refractivity contribution is 5.92. The molecule has 2 aromatic rings. The lowest BCUT2D eigenvalue weighted by Gasteiger charge is -2.18. The molecule has 4 rings (SSSR count). The van der Waals surface area contributed by atoms with Crippen molar-refractivity contribution in [3.63, 3.8) is 0 Å². The zero-order valence-corrected chi connectivity index (χ0v) is 15.7. The molecule has 1 N–H and O–H groups in total. The number of likely N-dealkylation sites (tertiary alicyclic amines) is 1. The molecule has 7 heteroatoms. The van der Waals surface area contributed by atoms with Crippen LogP contribution in [0.2, 0.25) is 0 Å². The SMILES string of the molecule is COc1ccc(CN2CC[C@H](NC(=O)c3cc(C4CC4)on3)C2)c(OC)c1. The first-order valence-electron chi connectivity index (χ1n) is 9.37. The monoisotopic (exact) mass is 371 g/mol. The van der Waals surface area contributed by atoms with E-state index >= 15 is 0 Å². The van der Waals surface area contributed by atoms with Crippen LogP contribution < -0.4 is 14.8 Å². The van der Waals surface area contributed by atoms with Crippen LogP contribution in [0, 0.1) is 0 Å². The topological polar surface area (TPSA) is 76.8 Å². The number of carbonyl (C=O) groups is 1. The third kappa shape index (κ3) is 4.08. The van der Waals surface area contributed by atoms with E-state index in [2.05, 4.69) is 15.4 Å². The molecule has 1 saturated carbocycles. The molecule has 0 bridgehead atoms. The molecule has 1 saturated heterocycles. The predicted octanol–water partition coefficient (Wildman–Crippen LogP) is 2.57. The highest BCUT2D eigenvalue weighted by Crippen LogP contribution is 2.40. The number of hydrogen-bond acceptors (Lipinski definition) is 6. The number of amides is 1. The first-order chi connectivity index (χ1) is 13.2. The molecule has 1 aromatic carbocycles. The van der Waals surface area contributed by atoms with Gasteiger partial charge in [0.15, 0.2) is 5.69 Å². The van der Waals surface area contributed by atoms with Crippen molar-refractivity contribution in [3.05, 3.63) is 41.3 Å². The highest BCUT2D eigenvalue weighted by atomic mass is 16.5. The summed E-state index contributed by atoms with van der Waals surface area (Å²) in [6, 6.07) is 7.75. The van der Waals surface area contributed by atoms with Crippen LogP contribution in [-0.2, 0) is 6.54 Å². The third-order valence-corrected chi connectivity index (χ3v) is 5.24. The van der Waals surface area contributed by atoms with Gasteiger partial charge in [-0.05, 0) is 25.3 Å². The molecule has 1 amide bonds. The summed E-state index contributed by atoms with van der Waals surface area (Å²) >= 11 is 0. The molecule has 1 aromatic heterocycles. The molecule has 144 valence electrons. The second kappa shape index (κ2) is 7.60. The van der Waals surface area contributed by atoms with E-state index in [9.17, 15) is 4.79 Å². The fraction of sp³-hybridized carbons (Fsp3) is 0.500. The third-order valence-electron chi connectivity index (χ3n) is 5.24. The van der Waals surface area contributed by atoms with Crippen molar-refractivity contribution in [3.8, 4) is 11.5 Å². The van der Waals surface area contributed by atoms with Gasteiger partial charge in [0.05, 0.1) is 14.2 Å². The van der Waals surface area contributed by atoms with E-state index < -0.39 is 0 Å². The molecule has 27 heavy (non-hydrogen) atoms. The van der Waals surface area contributed by atoms with Gasteiger partial charge in [-0.2, -0.15) is 0 Å². The van der Waals surface area contributed by atoms with Crippen LogP contribution in [-0.4, -0.2) is 49.3 Å². The summed E-state index contributed by atoms with van der Waals surface area (Å²) in [4.78, 5) is 14.7. The molecule has 0 radical (unpaired) electrons. The number of rotatable bonds is 7. The van der Waals surface area contributed by atoms with Crippen LogP contribution in [0.25, 0.3) is 0 Å². The average molecular weight is 371 g/mol. The fourth-order valence-corrected chi connectivity index (χ4v) is 3.53. The minimum atomic E-state index is -0.153. The highest BCUT2D eigenvalue weighted by Gasteiger charge is 2.30. The molecular formula is C20H25N3O4. The molecule has 2 heterocycles. The molecule has 1 aliphatic carbocycles. The van der Waals surface area contributed by atoms with Gasteiger partial charge in [0.25, 0.3) is 5.91 Å². The maximum absolute atomic E-state index is 12.4. The largest absolute Gasteiger partial charge is 0.497 e. The fourth-order valence-electron chi connectivity index (χ4n) is 3.53. The Morgan fingerprint density at radius 1 is 1.26 bits per heavy atom. The van der Waals surface area contributed by atoms with Gasteiger partial charge in [-0.1, -0.05) is 11.2 Å². The van der Waals surface area contributed by atoms with E-state index in [0.717, 1.165) is 61.7 Å². The zero-order chi connectivity index (χ0) is 18.8. The second-order valence-electron chi connectivity index (χ2n) is 7.26. The summed E-state index contributed by atoms with van der Waals surface area (Å²) in [5, 5.41) is 6.99. The van der Waals surface area contributed by atoms with E-state index in [4.69, 9.17) is 14.0 Å². The summed E-state index contributed by atoms with van der Waals surface area (Å²) in [6.07, 6.45) is 3.17. The average Bonchev–Trinajstić information content (AvgIpc) is 3.24. The van der Waals surface area contributed by atoms with Gasteiger partial charge < -0.3 is 19.3 Å². The molecule has 1 atom stereocenters. The van der Waals surface area contributed by atoms with Gasteiger partial charge in [0, 0.05) is 49.3 Å². The summed E-state index contributed by atoms with van der Waals surface area (Å²) < 4.78 is 16.0. The Bertz CT molecular complexity index is 815. The van der Waals surface area contributed by atoms with Crippen molar-refractivity contribution in [2.45, 2.75) is 37.8 Å². The Morgan fingerprint density at radius 3 is 2.85 bits per heavy atom. The first kappa shape index (κ1) is 17.9. The Kier molecular flexibility index (Phi) is 5.03. The van der Waals surface area contributed by atoms with Crippen molar-refractivity contribution in [1.82, 2.24) is 15.4 Å². The predicted molar refractivity (Wildman–Crippen MR) is 99.2 cm³/mol. The minimum Gasteiger partial charge on any atom is -0.497 e. The zero-order valence-electron chi connectivity index (χ0n) is 15.7. The van der Waals surface area contributed by atoms with E-state index in [1.54, 1.807) is 20.3 Å². The van der Waals surface area contributed by atoms with Crippen LogP contribution in [0.3, 0.4) is 0 Å². The van der Waals surface area contributed by atoms with Gasteiger partial charge in [-0.3, -0.25) is 9.69 Å².